The second-order valence-corrected chi connectivity index (χ2v) is 5.97. The van der Waals surface area contributed by atoms with Crippen LogP contribution in [0.3, 0.4) is 0 Å². The number of aromatic carboxylic acids is 1. The molecule has 0 heterocycles. The molecule has 1 aromatic rings. The Kier molecular flexibility index (Phi) is 4.21. The molecule has 0 aliphatic heterocycles. The van der Waals surface area contributed by atoms with E-state index < -0.39 is 5.97 Å². The van der Waals surface area contributed by atoms with Gasteiger partial charge in [0.2, 0.25) is 0 Å². The van der Waals surface area contributed by atoms with Gasteiger partial charge in [-0.25, -0.2) is 4.79 Å². The van der Waals surface area contributed by atoms with Crippen LogP contribution in [0, 0.1) is 12.3 Å². The number of rotatable bonds is 5. The molecule has 110 valence electrons. The summed E-state index contributed by atoms with van der Waals surface area (Å²) in [6, 6.07) is 3.57. The van der Waals surface area contributed by atoms with Gasteiger partial charge in [0.05, 0.1) is 5.56 Å². The first-order chi connectivity index (χ1) is 9.47. The van der Waals surface area contributed by atoms with Gasteiger partial charge in [0.25, 0.3) is 0 Å². The molecule has 0 aromatic heterocycles. The predicted octanol–water partition coefficient (Wildman–Crippen LogP) is 3.66. The highest BCUT2D eigenvalue weighted by Crippen LogP contribution is 2.41. The number of carbonyl (C=O) groups is 1. The third-order valence-electron chi connectivity index (χ3n) is 4.70. The maximum atomic E-state index is 11.2. The monoisotopic (exact) mass is 276 g/mol. The molecule has 0 saturated heterocycles. The lowest BCUT2D eigenvalue weighted by Gasteiger charge is -2.28. The van der Waals surface area contributed by atoms with Gasteiger partial charge >= 0.3 is 5.97 Å². The lowest BCUT2D eigenvalue weighted by Crippen LogP contribution is -2.26. The maximum Gasteiger partial charge on any atom is 0.337 e. The zero-order valence-corrected chi connectivity index (χ0v) is 12.3. The number of aryl methyl sites for hydroxylation is 1. The summed E-state index contributed by atoms with van der Waals surface area (Å²) >= 11 is 0. The molecule has 1 fully saturated rings. The van der Waals surface area contributed by atoms with E-state index in [9.17, 15) is 9.90 Å². The highest BCUT2D eigenvalue weighted by Gasteiger charge is 2.31. The standard InChI is InChI=1S/C16H24N2O2/c1-3-16(6-4-5-7-16)10-18-12-8-11(2)14(17)13(9-12)15(19)20/h8-9,18H,3-7,10,17H2,1-2H3,(H,19,20). The van der Waals surface area contributed by atoms with Gasteiger partial charge in [-0.15, -0.1) is 0 Å². The molecule has 0 bridgehead atoms. The van der Waals surface area contributed by atoms with Crippen molar-refractivity contribution in [2.75, 3.05) is 17.6 Å². The van der Waals surface area contributed by atoms with Crippen molar-refractivity contribution in [3.8, 4) is 0 Å². The van der Waals surface area contributed by atoms with Crippen LogP contribution in [0.4, 0.5) is 11.4 Å². The fourth-order valence-electron chi connectivity index (χ4n) is 3.15. The minimum Gasteiger partial charge on any atom is -0.478 e. The molecule has 1 saturated carbocycles. The van der Waals surface area contributed by atoms with E-state index >= 15 is 0 Å². The Labute approximate surface area is 120 Å². The summed E-state index contributed by atoms with van der Waals surface area (Å²) in [5.74, 6) is -0.972. The molecule has 20 heavy (non-hydrogen) atoms. The molecule has 1 aliphatic rings. The first-order valence-corrected chi connectivity index (χ1v) is 7.35. The Morgan fingerprint density at radius 2 is 2.05 bits per heavy atom. The van der Waals surface area contributed by atoms with Gasteiger partial charge in [-0.1, -0.05) is 19.8 Å². The van der Waals surface area contributed by atoms with Crippen molar-refractivity contribution in [1.29, 1.82) is 0 Å². The Hall–Kier alpha value is -1.71. The summed E-state index contributed by atoms with van der Waals surface area (Å²) in [5, 5.41) is 12.6. The van der Waals surface area contributed by atoms with Crippen LogP contribution in [0.25, 0.3) is 0 Å². The van der Waals surface area contributed by atoms with Crippen LogP contribution < -0.4 is 11.1 Å². The van der Waals surface area contributed by atoms with Gasteiger partial charge in [-0.05, 0) is 49.3 Å². The van der Waals surface area contributed by atoms with Crippen LogP contribution in [0.2, 0.25) is 0 Å². The molecule has 2 rings (SSSR count). The summed E-state index contributed by atoms with van der Waals surface area (Å²) < 4.78 is 0. The Bertz CT molecular complexity index is 505. The van der Waals surface area contributed by atoms with E-state index in [4.69, 9.17) is 5.73 Å². The SMILES string of the molecule is CCC1(CNc2cc(C)c(N)c(C(=O)O)c2)CCCC1. The van der Waals surface area contributed by atoms with Crippen molar-refractivity contribution in [3.05, 3.63) is 23.3 Å². The van der Waals surface area contributed by atoms with Crippen molar-refractivity contribution in [2.45, 2.75) is 46.0 Å². The van der Waals surface area contributed by atoms with Crippen molar-refractivity contribution < 1.29 is 9.90 Å². The maximum absolute atomic E-state index is 11.2. The van der Waals surface area contributed by atoms with E-state index in [-0.39, 0.29) is 5.56 Å². The number of carboxylic acids is 1. The number of carboxylic acid groups (broad SMARTS) is 1. The van der Waals surface area contributed by atoms with Crippen LogP contribution >= 0.6 is 0 Å². The number of nitrogens with one attached hydrogen (secondary N) is 1. The van der Waals surface area contributed by atoms with Crippen LogP contribution in [-0.2, 0) is 0 Å². The molecule has 1 aromatic carbocycles. The van der Waals surface area contributed by atoms with Gasteiger partial charge in [0, 0.05) is 17.9 Å². The van der Waals surface area contributed by atoms with E-state index in [0.29, 0.717) is 11.1 Å². The average molecular weight is 276 g/mol. The average Bonchev–Trinajstić information content (AvgIpc) is 2.89. The normalized spacial score (nSPS) is 17.1. The Morgan fingerprint density at radius 1 is 1.40 bits per heavy atom. The van der Waals surface area contributed by atoms with E-state index in [1.807, 2.05) is 13.0 Å². The summed E-state index contributed by atoms with van der Waals surface area (Å²) in [5.41, 5.74) is 8.39. The highest BCUT2D eigenvalue weighted by molar-refractivity contribution is 5.95. The molecule has 0 amide bonds. The van der Waals surface area contributed by atoms with Gasteiger partial charge < -0.3 is 16.2 Å². The second kappa shape index (κ2) is 5.73. The van der Waals surface area contributed by atoms with Crippen molar-refractivity contribution >= 4 is 17.3 Å². The summed E-state index contributed by atoms with van der Waals surface area (Å²) in [6.07, 6.45) is 6.29. The van der Waals surface area contributed by atoms with Crippen molar-refractivity contribution in [2.24, 2.45) is 5.41 Å². The molecular weight excluding hydrogens is 252 g/mol. The fraction of sp³-hybridized carbons (Fsp3) is 0.562. The largest absolute Gasteiger partial charge is 0.478 e. The quantitative estimate of drug-likeness (QED) is 0.717. The highest BCUT2D eigenvalue weighted by atomic mass is 16.4. The lowest BCUT2D eigenvalue weighted by atomic mass is 9.83. The van der Waals surface area contributed by atoms with E-state index in [2.05, 4.69) is 12.2 Å². The first kappa shape index (κ1) is 14.7. The zero-order chi connectivity index (χ0) is 14.8. The van der Waals surface area contributed by atoms with E-state index in [1.54, 1.807) is 6.07 Å². The number of nitrogen functional groups attached to an aromatic ring is 1. The molecule has 0 atom stereocenters. The summed E-state index contributed by atoms with van der Waals surface area (Å²) in [4.78, 5) is 11.2. The predicted molar refractivity (Wildman–Crippen MR) is 82.2 cm³/mol. The molecule has 0 spiro atoms. The molecule has 4 heteroatoms. The van der Waals surface area contributed by atoms with Gasteiger partial charge in [-0.3, -0.25) is 0 Å². The minimum absolute atomic E-state index is 0.185. The van der Waals surface area contributed by atoms with Crippen LogP contribution in [0.15, 0.2) is 12.1 Å². The van der Waals surface area contributed by atoms with Gasteiger partial charge in [0.1, 0.15) is 0 Å². The number of hydrogen-bond acceptors (Lipinski definition) is 3. The summed E-state index contributed by atoms with van der Waals surface area (Å²) in [6.45, 7) is 4.99. The van der Waals surface area contributed by atoms with E-state index in [1.165, 1.54) is 32.1 Å². The molecule has 0 unspecified atom stereocenters. The first-order valence-electron chi connectivity index (χ1n) is 7.35. The van der Waals surface area contributed by atoms with Crippen LogP contribution in [0.5, 0.6) is 0 Å². The van der Waals surface area contributed by atoms with Crippen LogP contribution in [0.1, 0.15) is 54.9 Å². The minimum atomic E-state index is -0.972. The van der Waals surface area contributed by atoms with Crippen molar-refractivity contribution in [3.63, 3.8) is 0 Å². The Balaban J connectivity index is 2.15. The lowest BCUT2D eigenvalue weighted by molar-refractivity contribution is 0.0698. The zero-order valence-electron chi connectivity index (χ0n) is 12.3. The smallest absolute Gasteiger partial charge is 0.337 e. The van der Waals surface area contributed by atoms with Crippen LogP contribution in [-0.4, -0.2) is 17.6 Å². The van der Waals surface area contributed by atoms with E-state index in [0.717, 1.165) is 17.8 Å². The Morgan fingerprint density at radius 3 is 2.60 bits per heavy atom. The topological polar surface area (TPSA) is 75.3 Å². The molecule has 4 nitrogen and oxygen atoms in total. The number of benzene rings is 1. The van der Waals surface area contributed by atoms with Gasteiger partial charge in [0.15, 0.2) is 0 Å². The fourth-order valence-corrected chi connectivity index (χ4v) is 3.15. The van der Waals surface area contributed by atoms with Gasteiger partial charge in [-0.2, -0.15) is 0 Å². The molecule has 0 radical (unpaired) electrons. The molecule has 4 N–H and O–H groups in total. The third-order valence-corrected chi connectivity index (χ3v) is 4.70. The van der Waals surface area contributed by atoms with Crippen molar-refractivity contribution in [1.82, 2.24) is 0 Å². The third kappa shape index (κ3) is 2.89. The second-order valence-electron chi connectivity index (χ2n) is 5.97. The number of nitrogens with two attached hydrogens (primary N) is 1. The molecule has 1 aliphatic carbocycles. The number of hydrogen-bond donors (Lipinski definition) is 3. The molecular formula is C16H24N2O2. The number of anilines is 2. The summed E-state index contributed by atoms with van der Waals surface area (Å²) in [7, 11) is 0.